The van der Waals surface area contributed by atoms with Gasteiger partial charge in [-0.25, -0.2) is 0 Å². The molecule has 0 aliphatic heterocycles. The van der Waals surface area contributed by atoms with Crippen molar-refractivity contribution in [3.63, 3.8) is 0 Å². The summed E-state index contributed by atoms with van der Waals surface area (Å²) in [5, 5.41) is 0. The molecule has 0 rings (SSSR count). The van der Waals surface area contributed by atoms with Gasteiger partial charge >= 0.3 is 0 Å². The minimum Gasteiger partial charge on any atom is -0.0851 e. The van der Waals surface area contributed by atoms with Crippen LogP contribution in [0.15, 0.2) is 11.6 Å². The molecule has 0 radical (unpaired) electrons. The number of allylic oxidation sites excluding steroid dienone is 2. The molecule has 0 saturated carbocycles. The molecular formula is C19H38. The molecule has 0 heterocycles. The molecular weight excluding hydrogens is 228 g/mol. The molecule has 0 aliphatic rings. The van der Waals surface area contributed by atoms with E-state index in [1.807, 2.05) is 0 Å². The van der Waals surface area contributed by atoms with Crippen LogP contribution < -0.4 is 0 Å². The third kappa shape index (κ3) is 9.30. The van der Waals surface area contributed by atoms with Gasteiger partial charge in [0.25, 0.3) is 0 Å². The zero-order valence-corrected chi connectivity index (χ0v) is 14.5. The van der Waals surface area contributed by atoms with Gasteiger partial charge in [-0.1, -0.05) is 78.4 Å². The van der Waals surface area contributed by atoms with Crippen LogP contribution in [0.2, 0.25) is 0 Å². The highest BCUT2D eigenvalue weighted by molar-refractivity contribution is 4.99. The maximum Gasteiger partial charge on any atom is -0.0291 e. The van der Waals surface area contributed by atoms with E-state index in [-0.39, 0.29) is 0 Å². The number of hydrogen-bond acceptors (Lipinski definition) is 0. The summed E-state index contributed by atoms with van der Waals surface area (Å²) >= 11 is 0. The predicted molar refractivity (Wildman–Crippen MR) is 89.6 cm³/mol. The molecule has 0 fully saturated rings. The Balaban J connectivity index is 4.33. The van der Waals surface area contributed by atoms with Crippen LogP contribution in [0.1, 0.15) is 99.3 Å². The highest BCUT2D eigenvalue weighted by atomic mass is 14.3. The average molecular weight is 267 g/mol. The second-order valence-electron chi connectivity index (χ2n) is 6.93. The van der Waals surface area contributed by atoms with Gasteiger partial charge in [0.05, 0.1) is 0 Å². The minimum absolute atomic E-state index is 0.542. The molecule has 0 aliphatic carbocycles. The Kier molecular flexibility index (Phi) is 10.4. The summed E-state index contributed by atoms with van der Waals surface area (Å²) in [5.74, 6) is 0.906. The Bertz CT molecular complexity index is 238. The van der Waals surface area contributed by atoms with Gasteiger partial charge in [0, 0.05) is 0 Å². The Hall–Kier alpha value is -0.260. The first kappa shape index (κ1) is 18.7. The first-order valence-corrected chi connectivity index (χ1v) is 8.63. The van der Waals surface area contributed by atoms with Crippen molar-refractivity contribution in [2.75, 3.05) is 0 Å². The zero-order valence-electron chi connectivity index (χ0n) is 14.5. The SMILES string of the molecule is CCCCC(C)(CC=C(C)CC)CCCC(C)CC. The van der Waals surface area contributed by atoms with Crippen molar-refractivity contribution in [3.05, 3.63) is 11.6 Å². The summed E-state index contributed by atoms with van der Waals surface area (Å²) < 4.78 is 0. The van der Waals surface area contributed by atoms with E-state index in [1.165, 1.54) is 57.8 Å². The molecule has 0 heteroatoms. The molecule has 2 atom stereocenters. The minimum atomic E-state index is 0.542. The van der Waals surface area contributed by atoms with Gasteiger partial charge in [-0.2, -0.15) is 0 Å². The Morgan fingerprint density at radius 1 is 1.11 bits per heavy atom. The van der Waals surface area contributed by atoms with E-state index in [1.54, 1.807) is 5.57 Å². The Labute approximate surface area is 123 Å². The molecule has 0 N–H and O–H groups in total. The summed E-state index contributed by atoms with van der Waals surface area (Å²) in [5.41, 5.74) is 2.10. The molecule has 114 valence electrons. The average Bonchev–Trinajstić information content (AvgIpc) is 2.42. The van der Waals surface area contributed by atoms with Crippen molar-refractivity contribution in [1.82, 2.24) is 0 Å². The van der Waals surface area contributed by atoms with Crippen molar-refractivity contribution >= 4 is 0 Å². The fourth-order valence-corrected chi connectivity index (χ4v) is 2.58. The summed E-state index contributed by atoms with van der Waals surface area (Å²) in [6, 6.07) is 0. The van der Waals surface area contributed by atoms with Crippen molar-refractivity contribution in [3.8, 4) is 0 Å². The fraction of sp³-hybridized carbons (Fsp3) is 0.895. The van der Waals surface area contributed by atoms with Crippen molar-refractivity contribution < 1.29 is 0 Å². The van der Waals surface area contributed by atoms with Gasteiger partial charge in [-0.15, -0.1) is 0 Å². The summed E-state index contributed by atoms with van der Waals surface area (Å²) in [4.78, 5) is 0. The van der Waals surface area contributed by atoms with Gasteiger partial charge in [0.1, 0.15) is 0 Å². The van der Waals surface area contributed by atoms with Crippen LogP contribution in [0, 0.1) is 11.3 Å². The van der Waals surface area contributed by atoms with Crippen LogP contribution in [0.5, 0.6) is 0 Å². The van der Waals surface area contributed by atoms with E-state index in [4.69, 9.17) is 0 Å². The molecule has 0 aromatic rings. The van der Waals surface area contributed by atoms with Crippen molar-refractivity contribution in [1.29, 1.82) is 0 Å². The van der Waals surface area contributed by atoms with Crippen molar-refractivity contribution in [2.24, 2.45) is 11.3 Å². The fourth-order valence-electron chi connectivity index (χ4n) is 2.58. The predicted octanol–water partition coefficient (Wildman–Crippen LogP) is 7.15. The van der Waals surface area contributed by atoms with Crippen LogP contribution in [0.3, 0.4) is 0 Å². The van der Waals surface area contributed by atoms with Crippen LogP contribution in [-0.4, -0.2) is 0 Å². The summed E-state index contributed by atoms with van der Waals surface area (Å²) in [6.45, 7) is 14.1. The normalized spacial score (nSPS) is 17.3. The number of rotatable bonds is 11. The van der Waals surface area contributed by atoms with E-state index in [2.05, 4.69) is 47.6 Å². The molecule has 0 spiro atoms. The smallest absolute Gasteiger partial charge is 0.0291 e. The largest absolute Gasteiger partial charge is 0.0851 e. The maximum atomic E-state index is 2.51. The van der Waals surface area contributed by atoms with Crippen LogP contribution in [-0.2, 0) is 0 Å². The molecule has 0 nitrogen and oxygen atoms in total. The van der Waals surface area contributed by atoms with E-state index in [9.17, 15) is 0 Å². The second-order valence-corrected chi connectivity index (χ2v) is 6.93. The Morgan fingerprint density at radius 2 is 1.74 bits per heavy atom. The third-order valence-corrected chi connectivity index (χ3v) is 4.81. The third-order valence-electron chi connectivity index (χ3n) is 4.81. The topological polar surface area (TPSA) is 0 Å². The lowest BCUT2D eigenvalue weighted by molar-refractivity contribution is 0.250. The monoisotopic (exact) mass is 266 g/mol. The highest BCUT2D eigenvalue weighted by Gasteiger charge is 2.22. The molecule has 2 unspecified atom stereocenters. The second kappa shape index (κ2) is 10.5. The van der Waals surface area contributed by atoms with E-state index < -0.39 is 0 Å². The lowest BCUT2D eigenvalue weighted by atomic mass is 9.76. The van der Waals surface area contributed by atoms with Crippen LogP contribution >= 0.6 is 0 Å². The van der Waals surface area contributed by atoms with Gasteiger partial charge in [-0.3, -0.25) is 0 Å². The van der Waals surface area contributed by atoms with Crippen LogP contribution in [0.4, 0.5) is 0 Å². The lowest BCUT2D eigenvalue weighted by Crippen LogP contribution is -2.16. The van der Waals surface area contributed by atoms with Gasteiger partial charge < -0.3 is 0 Å². The number of unbranched alkanes of at least 4 members (excludes halogenated alkanes) is 1. The zero-order chi connectivity index (χ0) is 14.7. The molecule has 19 heavy (non-hydrogen) atoms. The van der Waals surface area contributed by atoms with E-state index in [0.29, 0.717) is 5.41 Å². The Morgan fingerprint density at radius 3 is 2.26 bits per heavy atom. The van der Waals surface area contributed by atoms with Crippen molar-refractivity contribution in [2.45, 2.75) is 99.3 Å². The highest BCUT2D eigenvalue weighted by Crippen LogP contribution is 2.35. The van der Waals surface area contributed by atoms with E-state index >= 15 is 0 Å². The first-order valence-electron chi connectivity index (χ1n) is 8.63. The van der Waals surface area contributed by atoms with E-state index in [0.717, 1.165) is 5.92 Å². The van der Waals surface area contributed by atoms with Gasteiger partial charge in [0.2, 0.25) is 0 Å². The maximum absolute atomic E-state index is 2.51. The molecule has 0 aromatic heterocycles. The first-order chi connectivity index (χ1) is 8.97. The standard InChI is InChI=1S/C19H38/c1-7-10-14-19(6,16-13-18(5)9-3)15-11-12-17(4)8-2/h13,17H,7-12,14-16H2,1-6H3. The summed E-state index contributed by atoms with van der Waals surface area (Å²) in [6.07, 6.45) is 14.7. The molecule has 0 amide bonds. The molecule has 0 saturated heterocycles. The quantitative estimate of drug-likeness (QED) is 0.348. The molecule has 0 bridgehead atoms. The van der Waals surface area contributed by atoms with Crippen LogP contribution in [0.25, 0.3) is 0 Å². The van der Waals surface area contributed by atoms with Gasteiger partial charge in [0.15, 0.2) is 0 Å². The summed E-state index contributed by atoms with van der Waals surface area (Å²) in [7, 11) is 0. The lowest BCUT2D eigenvalue weighted by Gasteiger charge is -2.29. The van der Waals surface area contributed by atoms with Gasteiger partial charge in [-0.05, 0) is 43.9 Å². The molecule has 0 aromatic carbocycles. The number of hydrogen-bond donors (Lipinski definition) is 0.